The summed E-state index contributed by atoms with van der Waals surface area (Å²) in [6, 6.07) is 13.2. The summed E-state index contributed by atoms with van der Waals surface area (Å²) in [6.45, 7) is 3.77. The molecule has 1 heterocycles. The van der Waals surface area contributed by atoms with Crippen LogP contribution in [0.2, 0.25) is 0 Å². The first-order valence-corrected chi connectivity index (χ1v) is 10.2. The number of carbonyl (C=O) groups is 1. The topological polar surface area (TPSA) is 45.7 Å². The Bertz CT molecular complexity index is 974. The van der Waals surface area contributed by atoms with E-state index in [1.165, 1.54) is 5.56 Å². The van der Waals surface area contributed by atoms with Crippen molar-refractivity contribution >= 4 is 22.9 Å². The minimum absolute atomic E-state index is 0.114. The number of nitrogens with two attached hydrogens (primary N) is 1. The second kappa shape index (κ2) is 9.24. The number of amides is 1. The predicted molar refractivity (Wildman–Crippen MR) is 108 cm³/mol. The molecule has 2 atom stereocenters. The zero-order valence-corrected chi connectivity index (χ0v) is 16.9. The van der Waals surface area contributed by atoms with E-state index in [4.69, 9.17) is 0 Å². The summed E-state index contributed by atoms with van der Waals surface area (Å²) in [5, 5.41) is 6.20. The quantitative estimate of drug-likeness (QED) is 0.548. The normalized spacial score (nSPS) is 13.1. The lowest BCUT2D eigenvalue weighted by Crippen LogP contribution is -2.92. The fourth-order valence-corrected chi connectivity index (χ4v) is 3.88. The lowest BCUT2D eigenvalue weighted by molar-refractivity contribution is -0.703. The molecule has 0 unspecified atom stereocenters. The molecule has 0 bridgehead atoms. The summed E-state index contributed by atoms with van der Waals surface area (Å²) in [6.07, 6.45) is 0.937. The molecule has 0 aliphatic rings. The van der Waals surface area contributed by atoms with Gasteiger partial charge in [0.05, 0.1) is 10.6 Å². The number of nitrogens with one attached hydrogen (secondary N) is 1. The Morgan fingerprint density at radius 2 is 1.79 bits per heavy atom. The van der Waals surface area contributed by atoms with Gasteiger partial charge in [-0.1, -0.05) is 37.3 Å². The van der Waals surface area contributed by atoms with Gasteiger partial charge < -0.3 is 10.6 Å². The Balaban J connectivity index is 1.78. The van der Waals surface area contributed by atoms with E-state index in [2.05, 4.69) is 24.4 Å². The van der Waals surface area contributed by atoms with Crippen molar-refractivity contribution in [3.8, 4) is 0 Å². The zero-order chi connectivity index (χ0) is 21.0. The van der Waals surface area contributed by atoms with Gasteiger partial charge in [0, 0.05) is 5.56 Å². The number of hydrogen-bond acceptors (Lipinski definition) is 2. The summed E-state index contributed by atoms with van der Waals surface area (Å²) in [7, 11) is 0. The molecular formula is C22H22F3N2OS+. The second-order valence-corrected chi connectivity index (χ2v) is 7.76. The molecule has 2 aromatic carbocycles. The van der Waals surface area contributed by atoms with Gasteiger partial charge in [0.2, 0.25) is 0 Å². The Kier molecular flexibility index (Phi) is 6.71. The first kappa shape index (κ1) is 21.1. The third kappa shape index (κ3) is 4.86. The van der Waals surface area contributed by atoms with Crippen LogP contribution in [0.3, 0.4) is 0 Å². The Morgan fingerprint density at radius 3 is 2.41 bits per heavy atom. The van der Waals surface area contributed by atoms with E-state index in [1.807, 2.05) is 35.0 Å². The minimum atomic E-state index is -1.60. The van der Waals surface area contributed by atoms with E-state index in [0.717, 1.165) is 29.0 Å². The van der Waals surface area contributed by atoms with Gasteiger partial charge in [-0.25, -0.2) is 13.2 Å². The summed E-state index contributed by atoms with van der Waals surface area (Å²) >= 11 is 1.59. The summed E-state index contributed by atoms with van der Waals surface area (Å²) < 4.78 is 40.4. The van der Waals surface area contributed by atoms with Crippen LogP contribution >= 0.6 is 11.3 Å². The van der Waals surface area contributed by atoms with Crippen molar-refractivity contribution in [3.63, 3.8) is 0 Å². The molecule has 0 aliphatic heterocycles. The van der Waals surface area contributed by atoms with Gasteiger partial charge in [-0.2, -0.15) is 0 Å². The number of benzene rings is 2. The van der Waals surface area contributed by atoms with E-state index >= 15 is 0 Å². The number of halogens is 3. The smallest absolute Gasteiger partial charge is 0.282 e. The summed E-state index contributed by atoms with van der Waals surface area (Å²) in [5.74, 6) is -4.81. The first-order chi connectivity index (χ1) is 13.9. The molecule has 0 saturated heterocycles. The highest BCUT2D eigenvalue weighted by molar-refractivity contribution is 7.10. The second-order valence-electron chi connectivity index (χ2n) is 6.78. The number of rotatable bonds is 7. The molecule has 152 valence electrons. The van der Waals surface area contributed by atoms with Gasteiger partial charge in [-0.15, -0.1) is 11.3 Å². The van der Waals surface area contributed by atoms with Crippen LogP contribution in [-0.4, -0.2) is 11.9 Å². The van der Waals surface area contributed by atoms with Gasteiger partial charge in [-0.05, 0) is 42.5 Å². The van der Waals surface area contributed by atoms with Crippen molar-refractivity contribution < 1.29 is 23.3 Å². The number of thiophene rings is 1. The molecular weight excluding hydrogens is 397 g/mol. The monoisotopic (exact) mass is 419 g/mol. The zero-order valence-electron chi connectivity index (χ0n) is 16.1. The SMILES string of the molecule is CCc1ccc([C@@H]([NH2+][C@@H](C)C(=O)Nc2ccc(F)c(F)c2F)c2cccs2)cc1. The van der Waals surface area contributed by atoms with Crippen molar-refractivity contribution in [1.82, 2.24) is 0 Å². The Labute approximate surface area is 171 Å². The molecule has 1 amide bonds. The van der Waals surface area contributed by atoms with Crippen molar-refractivity contribution in [2.45, 2.75) is 32.4 Å². The molecule has 0 spiro atoms. The lowest BCUT2D eigenvalue weighted by Gasteiger charge is -2.20. The van der Waals surface area contributed by atoms with E-state index in [9.17, 15) is 18.0 Å². The molecule has 1 aromatic heterocycles. The highest BCUT2D eigenvalue weighted by Crippen LogP contribution is 2.24. The van der Waals surface area contributed by atoms with Crippen LogP contribution in [0.15, 0.2) is 53.9 Å². The molecule has 0 saturated carbocycles. The van der Waals surface area contributed by atoms with Crippen LogP contribution in [0.1, 0.15) is 35.9 Å². The van der Waals surface area contributed by atoms with Crippen LogP contribution in [0.4, 0.5) is 18.9 Å². The molecule has 0 radical (unpaired) electrons. The molecule has 0 fully saturated rings. The molecule has 3 aromatic rings. The standard InChI is InChI=1S/C22H21F3N2OS/c1-3-14-6-8-15(9-7-14)21(18-5-4-12-29-18)26-13(2)22(28)27-17-11-10-16(23)19(24)20(17)25/h4-13,21,26H,3H2,1-2H3,(H,27,28)/p+1/t13-,21+/m0/s1. The van der Waals surface area contributed by atoms with Gasteiger partial charge in [0.1, 0.15) is 6.04 Å². The Morgan fingerprint density at radius 1 is 1.07 bits per heavy atom. The lowest BCUT2D eigenvalue weighted by atomic mass is 10.0. The van der Waals surface area contributed by atoms with Crippen LogP contribution in [0, 0.1) is 17.5 Å². The van der Waals surface area contributed by atoms with Crippen molar-refractivity contribution in [2.75, 3.05) is 5.32 Å². The van der Waals surface area contributed by atoms with Gasteiger partial charge >= 0.3 is 0 Å². The van der Waals surface area contributed by atoms with Gasteiger partial charge in [0.15, 0.2) is 23.5 Å². The highest BCUT2D eigenvalue weighted by Gasteiger charge is 2.26. The Hall–Kier alpha value is -2.64. The maximum Gasteiger partial charge on any atom is 0.282 e. The number of quaternary nitrogens is 1. The van der Waals surface area contributed by atoms with E-state index < -0.39 is 29.4 Å². The minimum Gasteiger partial charge on any atom is -0.326 e. The third-order valence-electron chi connectivity index (χ3n) is 4.78. The molecule has 3 N–H and O–H groups in total. The van der Waals surface area contributed by atoms with Crippen molar-refractivity contribution in [1.29, 1.82) is 0 Å². The van der Waals surface area contributed by atoms with Crippen LogP contribution in [-0.2, 0) is 11.2 Å². The van der Waals surface area contributed by atoms with Gasteiger partial charge in [-0.3, -0.25) is 4.79 Å². The molecule has 7 heteroatoms. The van der Waals surface area contributed by atoms with E-state index in [-0.39, 0.29) is 11.7 Å². The molecule has 0 aliphatic carbocycles. The summed E-state index contributed by atoms with van der Waals surface area (Å²) in [5.41, 5.74) is 1.88. The summed E-state index contributed by atoms with van der Waals surface area (Å²) in [4.78, 5) is 13.7. The molecule has 3 nitrogen and oxygen atoms in total. The fraction of sp³-hybridized carbons (Fsp3) is 0.227. The average molecular weight is 419 g/mol. The highest BCUT2D eigenvalue weighted by atomic mass is 32.1. The maximum atomic E-state index is 13.9. The number of carbonyl (C=O) groups excluding carboxylic acids is 1. The van der Waals surface area contributed by atoms with Gasteiger partial charge in [0.25, 0.3) is 5.91 Å². The average Bonchev–Trinajstić information content (AvgIpc) is 3.27. The van der Waals surface area contributed by atoms with Crippen LogP contribution in [0.5, 0.6) is 0 Å². The van der Waals surface area contributed by atoms with E-state index in [0.29, 0.717) is 0 Å². The van der Waals surface area contributed by atoms with Crippen LogP contribution in [0.25, 0.3) is 0 Å². The van der Waals surface area contributed by atoms with Crippen molar-refractivity contribution in [2.24, 2.45) is 0 Å². The number of aryl methyl sites for hydroxylation is 1. The van der Waals surface area contributed by atoms with Crippen LogP contribution < -0.4 is 10.6 Å². The van der Waals surface area contributed by atoms with E-state index in [1.54, 1.807) is 18.3 Å². The maximum absolute atomic E-state index is 13.9. The molecule has 29 heavy (non-hydrogen) atoms. The number of anilines is 1. The third-order valence-corrected chi connectivity index (χ3v) is 5.74. The van der Waals surface area contributed by atoms with Crippen molar-refractivity contribution in [3.05, 3.63) is 87.4 Å². The number of hydrogen-bond donors (Lipinski definition) is 2. The largest absolute Gasteiger partial charge is 0.326 e. The first-order valence-electron chi connectivity index (χ1n) is 9.32. The molecule has 3 rings (SSSR count). The predicted octanol–water partition coefficient (Wildman–Crippen LogP) is 4.41. The fourth-order valence-electron chi connectivity index (χ4n) is 3.04.